The maximum atomic E-state index is 6.52. The number of fused-ring (bicyclic) bond motifs is 10. The van der Waals surface area contributed by atoms with Crippen LogP contribution in [-0.4, -0.2) is 4.98 Å². The van der Waals surface area contributed by atoms with E-state index in [4.69, 9.17) is 18.2 Å². The van der Waals surface area contributed by atoms with E-state index >= 15 is 0 Å². The quantitative estimate of drug-likeness (QED) is 0.174. The lowest BCUT2D eigenvalue weighted by atomic mass is 9.95. The van der Waals surface area contributed by atoms with Gasteiger partial charge in [-0.2, -0.15) is 0 Å². The first-order chi connectivity index (χ1) is 29.7. The van der Waals surface area contributed by atoms with Crippen LogP contribution in [0, 0.1) is 0 Å². The summed E-state index contributed by atoms with van der Waals surface area (Å²) in [5, 5.41) is 7.63. The van der Waals surface area contributed by atoms with E-state index in [1.54, 1.807) is 11.3 Å². The fraction of sp³-hybridized carbons (Fsp3) is 0. The monoisotopic (exact) mass is 785 g/mol. The molecule has 5 heteroatoms. The summed E-state index contributed by atoms with van der Waals surface area (Å²) in [6, 6.07) is 66.0. The fourth-order valence-electron chi connectivity index (χ4n) is 9.11. The van der Waals surface area contributed by atoms with Crippen molar-refractivity contribution in [2.24, 2.45) is 0 Å². The van der Waals surface area contributed by atoms with Gasteiger partial charge in [-0.15, -0.1) is 11.3 Å². The molecule has 60 heavy (non-hydrogen) atoms. The zero-order valence-electron chi connectivity index (χ0n) is 32.0. The maximum absolute atomic E-state index is 6.52. The van der Waals surface area contributed by atoms with Crippen LogP contribution in [0.3, 0.4) is 0 Å². The Morgan fingerprint density at radius 1 is 0.300 bits per heavy atom. The third-order valence-corrected chi connectivity index (χ3v) is 13.1. The molecule has 0 radical (unpaired) electrons. The van der Waals surface area contributed by atoms with Crippen LogP contribution in [0.5, 0.6) is 0 Å². The number of aromatic nitrogens is 1. The minimum atomic E-state index is 0.856. The number of nitrogens with zero attached hydrogens (tertiary/aromatic N) is 1. The highest BCUT2D eigenvalue weighted by Gasteiger charge is 2.21. The average molecular weight is 786 g/mol. The van der Waals surface area contributed by atoms with Gasteiger partial charge in [-0.1, -0.05) is 164 Å². The highest BCUT2D eigenvalue weighted by Crippen LogP contribution is 2.45. The first kappa shape index (κ1) is 33.3. The van der Waals surface area contributed by atoms with Gasteiger partial charge in [0, 0.05) is 54.6 Å². The molecular formula is C55H31NO3S. The molecule has 0 amide bonds. The molecule has 0 saturated carbocycles. The minimum Gasteiger partial charge on any atom is -0.455 e. The summed E-state index contributed by atoms with van der Waals surface area (Å²) in [6.45, 7) is 0. The number of hydrogen-bond donors (Lipinski definition) is 0. The summed E-state index contributed by atoms with van der Waals surface area (Å²) < 4.78 is 20.5. The predicted molar refractivity (Wildman–Crippen MR) is 249 cm³/mol. The molecule has 4 nitrogen and oxygen atoms in total. The molecule has 0 bridgehead atoms. The Labute approximate surface area is 347 Å². The van der Waals surface area contributed by atoms with Gasteiger partial charge < -0.3 is 13.3 Å². The van der Waals surface area contributed by atoms with Crippen molar-refractivity contribution in [3.63, 3.8) is 0 Å². The molecule has 0 aliphatic carbocycles. The molecule has 0 fully saturated rings. The highest BCUT2D eigenvalue weighted by molar-refractivity contribution is 7.22. The van der Waals surface area contributed by atoms with Gasteiger partial charge in [-0.3, -0.25) is 0 Å². The second-order valence-corrected chi connectivity index (χ2v) is 16.4. The Morgan fingerprint density at radius 3 is 1.15 bits per heavy atom. The van der Waals surface area contributed by atoms with E-state index in [1.165, 1.54) is 0 Å². The van der Waals surface area contributed by atoms with E-state index in [1.807, 2.05) is 36.4 Å². The number of thiazole rings is 1. The topological polar surface area (TPSA) is 52.3 Å². The smallest absolute Gasteiger partial charge is 0.145 e. The Kier molecular flexibility index (Phi) is 7.14. The van der Waals surface area contributed by atoms with Gasteiger partial charge in [0.2, 0.25) is 0 Å². The summed E-state index contributed by atoms with van der Waals surface area (Å²) in [4.78, 5) is 5.46. The molecule has 13 aromatic rings. The molecule has 0 aliphatic rings. The SMILES string of the molecule is c1ccc2c(c1)oc1c(-c3ccc(-c4ccc(-c5ccc(-c6cccc7c6oc6ccccc67)cc5)c5sc(-c6cccc7c6oc6ccccc67)nc45)cc3)cccc12. The van der Waals surface area contributed by atoms with Gasteiger partial charge in [0.05, 0.1) is 15.8 Å². The third-order valence-electron chi connectivity index (χ3n) is 12.0. The van der Waals surface area contributed by atoms with Crippen molar-refractivity contribution >= 4 is 87.4 Å². The summed E-state index contributed by atoms with van der Waals surface area (Å²) in [5.74, 6) is 0. The van der Waals surface area contributed by atoms with Crippen molar-refractivity contribution in [1.82, 2.24) is 4.98 Å². The van der Waals surface area contributed by atoms with Crippen molar-refractivity contribution in [3.05, 3.63) is 188 Å². The van der Waals surface area contributed by atoms with Crippen molar-refractivity contribution in [2.75, 3.05) is 0 Å². The number of furan rings is 3. The normalized spacial score (nSPS) is 12.0. The van der Waals surface area contributed by atoms with Gasteiger partial charge in [0.25, 0.3) is 0 Å². The molecule has 0 N–H and O–H groups in total. The summed E-state index contributed by atoms with van der Waals surface area (Å²) in [6.07, 6.45) is 0. The zero-order chi connectivity index (χ0) is 39.3. The summed E-state index contributed by atoms with van der Waals surface area (Å²) in [7, 11) is 0. The average Bonchev–Trinajstić information content (AvgIpc) is 4.10. The van der Waals surface area contributed by atoms with Crippen molar-refractivity contribution in [3.8, 4) is 55.1 Å². The highest BCUT2D eigenvalue weighted by atomic mass is 32.1. The molecule has 0 spiro atoms. The van der Waals surface area contributed by atoms with Crippen molar-refractivity contribution in [2.45, 2.75) is 0 Å². The van der Waals surface area contributed by atoms with Crippen LogP contribution in [0.2, 0.25) is 0 Å². The zero-order valence-corrected chi connectivity index (χ0v) is 32.8. The van der Waals surface area contributed by atoms with Gasteiger partial charge in [-0.25, -0.2) is 4.98 Å². The van der Waals surface area contributed by atoms with Crippen LogP contribution in [0.1, 0.15) is 0 Å². The minimum absolute atomic E-state index is 0.856. The maximum Gasteiger partial charge on any atom is 0.145 e. The summed E-state index contributed by atoms with van der Waals surface area (Å²) >= 11 is 1.72. The van der Waals surface area contributed by atoms with E-state index in [0.29, 0.717) is 0 Å². The van der Waals surface area contributed by atoms with Gasteiger partial charge in [-0.05, 0) is 46.5 Å². The molecule has 9 aromatic carbocycles. The van der Waals surface area contributed by atoms with Crippen LogP contribution >= 0.6 is 11.3 Å². The Balaban J connectivity index is 0.953. The number of para-hydroxylation sites is 6. The van der Waals surface area contributed by atoms with Crippen LogP contribution in [0.4, 0.5) is 0 Å². The van der Waals surface area contributed by atoms with Crippen LogP contribution in [0.25, 0.3) is 131 Å². The molecule has 13 rings (SSSR count). The molecule has 4 aromatic heterocycles. The van der Waals surface area contributed by atoms with Gasteiger partial charge in [0.1, 0.15) is 38.5 Å². The second-order valence-electron chi connectivity index (χ2n) is 15.4. The standard InChI is InChI=1S/C55H31NO3S/c1-4-19-47-40(10-1)43-15-7-13-37(51(43)57-47)33-24-22-32(23-25-33)36-30-31-39(35-28-26-34(27-29-35)38-14-8-16-44-41-11-2-5-20-48(41)58-52(38)44)54-50(36)56-55(60-54)46-18-9-17-45-42-12-3-6-21-49(42)59-53(45)46/h1-31H. The molecule has 0 aliphatic heterocycles. The van der Waals surface area contributed by atoms with E-state index in [2.05, 4.69) is 152 Å². The largest absolute Gasteiger partial charge is 0.455 e. The van der Waals surface area contributed by atoms with Crippen LogP contribution in [-0.2, 0) is 0 Å². The molecular weight excluding hydrogens is 755 g/mol. The summed E-state index contributed by atoms with van der Waals surface area (Å²) in [5.41, 5.74) is 16.1. The lowest BCUT2D eigenvalue weighted by Gasteiger charge is -2.10. The molecule has 0 saturated heterocycles. The van der Waals surface area contributed by atoms with E-state index in [9.17, 15) is 0 Å². The van der Waals surface area contributed by atoms with Crippen LogP contribution < -0.4 is 0 Å². The molecule has 4 heterocycles. The van der Waals surface area contributed by atoms with E-state index in [0.717, 1.165) is 131 Å². The molecule has 0 atom stereocenters. The second kappa shape index (κ2) is 12.9. The molecule has 0 unspecified atom stereocenters. The van der Waals surface area contributed by atoms with Gasteiger partial charge in [0.15, 0.2) is 0 Å². The molecule has 280 valence electrons. The third kappa shape index (κ3) is 5.00. The lowest BCUT2D eigenvalue weighted by molar-refractivity contribution is 0.669. The Morgan fingerprint density at radius 2 is 0.667 bits per heavy atom. The predicted octanol–water partition coefficient (Wildman–Crippen LogP) is 16.3. The van der Waals surface area contributed by atoms with Gasteiger partial charge >= 0.3 is 0 Å². The number of rotatable bonds is 5. The van der Waals surface area contributed by atoms with Crippen molar-refractivity contribution in [1.29, 1.82) is 0 Å². The van der Waals surface area contributed by atoms with Crippen LogP contribution in [0.15, 0.2) is 201 Å². The van der Waals surface area contributed by atoms with Crippen molar-refractivity contribution < 1.29 is 13.3 Å². The lowest BCUT2D eigenvalue weighted by Crippen LogP contribution is -1.86. The van der Waals surface area contributed by atoms with E-state index < -0.39 is 0 Å². The number of benzene rings is 9. The first-order valence-electron chi connectivity index (χ1n) is 20.1. The number of hydrogen-bond acceptors (Lipinski definition) is 5. The Hall–Kier alpha value is -7.73. The van der Waals surface area contributed by atoms with E-state index in [-0.39, 0.29) is 0 Å². The first-order valence-corrected chi connectivity index (χ1v) is 20.9. The Bertz CT molecular complexity index is 3630. The fourth-order valence-corrected chi connectivity index (χ4v) is 10.3.